The third kappa shape index (κ3) is 3.33. The average molecular weight is 305 g/mol. The van der Waals surface area contributed by atoms with Gasteiger partial charge in [0, 0.05) is 29.9 Å². The molecule has 6 heteroatoms. The van der Waals surface area contributed by atoms with Crippen molar-refractivity contribution in [3.05, 3.63) is 36.2 Å². The standard InChI is InChI=1S/C15H19N3O2S/c1-16-13(10-21-12-8-17-18(2)9-12)11-3-4-14-15(7-11)20-6-5-19-14/h3-4,7-9,13,16H,5-6,10H2,1-2H3. The number of rotatable bonds is 5. The first kappa shape index (κ1) is 14.3. The van der Waals surface area contributed by atoms with Gasteiger partial charge in [-0.3, -0.25) is 4.68 Å². The largest absolute Gasteiger partial charge is 0.486 e. The fourth-order valence-electron chi connectivity index (χ4n) is 2.28. The van der Waals surface area contributed by atoms with Crippen molar-refractivity contribution in [2.75, 3.05) is 26.0 Å². The summed E-state index contributed by atoms with van der Waals surface area (Å²) in [5.41, 5.74) is 1.21. The summed E-state index contributed by atoms with van der Waals surface area (Å²) in [4.78, 5) is 1.18. The predicted molar refractivity (Wildman–Crippen MR) is 83.2 cm³/mol. The van der Waals surface area contributed by atoms with Crippen molar-refractivity contribution < 1.29 is 9.47 Å². The lowest BCUT2D eigenvalue weighted by Crippen LogP contribution is -2.20. The first-order chi connectivity index (χ1) is 10.3. The van der Waals surface area contributed by atoms with E-state index in [1.807, 2.05) is 37.2 Å². The van der Waals surface area contributed by atoms with E-state index in [2.05, 4.69) is 22.5 Å². The number of fused-ring (bicyclic) bond motifs is 1. The van der Waals surface area contributed by atoms with Gasteiger partial charge in [0.2, 0.25) is 0 Å². The molecule has 1 N–H and O–H groups in total. The Morgan fingerprint density at radius 1 is 1.33 bits per heavy atom. The van der Waals surface area contributed by atoms with Crippen LogP contribution in [0.15, 0.2) is 35.5 Å². The van der Waals surface area contributed by atoms with Crippen LogP contribution in [-0.4, -0.2) is 35.8 Å². The Balaban J connectivity index is 1.70. The van der Waals surface area contributed by atoms with Crippen LogP contribution in [0.2, 0.25) is 0 Å². The lowest BCUT2D eigenvalue weighted by molar-refractivity contribution is 0.171. The highest BCUT2D eigenvalue weighted by molar-refractivity contribution is 7.99. The Morgan fingerprint density at radius 3 is 2.86 bits per heavy atom. The lowest BCUT2D eigenvalue weighted by atomic mass is 10.1. The van der Waals surface area contributed by atoms with Gasteiger partial charge in [-0.1, -0.05) is 6.07 Å². The molecular weight excluding hydrogens is 286 g/mol. The molecule has 3 rings (SSSR count). The second kappa shape index (κ2) is 6.41. The molecule has 21 heavy (non-hydrogen) atoms. The molecular formula is C15H19N3O2S. The fourth-order valence-corrected chi connectivity index (χ4v) is 3.34. The van der Waals surface area contributed by atoms with Crippen LogP contribution in [0.25, 0.3) is 0 Å². The molecule has 1 atom stereocenters. The van der Waals surface area contributed by atoms with Crippen LogP contribution in [0.3, 0.4) is 0 Å². The molecule has 2 aromatic rings. The topological polar surface area (TPSA) is 48.3 Å². The number of aryl methyl sites for hydroxylation is 1. The van der Waals surface area contributed by atoms with E-state index in [1.54, 1.807) is 11.8 Å². The van der Waals surface area contributed by atoms with E-state index in [4.69, 9.17) is 9.47 Å². The highest BCUT2D eigenvalue weighted by atomic mass is 32.2. The zero-order valence-electron chi connectivity index (χ0n) is 12.2. The minimum atomic E-state index is 0.256. The van der Waals surface area contributed by atoms with E-state index in [9.17, 15) is 0 Å². The summed E-state index contributed by atoms with van der Waals surface area (Å²) in [6, 6.07) is 6.41. The third-order valence-electron chi connectivity index (χ3n) is 3.41. The number of ether oxygens (including phenoxy) is 2. The minimum Gasteiger partial charge on any atom is -0.486 e. The molecule has 0 saturated heterocycles. The first-order valence-electron chi connectivity index (χ1n) is 6.94. The van der Waals surface area contributed by atoms with Crippen LogP contribution in [0.5, 0.6) is 11.5 Å². The lowest BCUT2D eigenvalue weighted by Gasteiger charge is -2.21. The summed E-state index contributed by atoms with van der Waals surface area (Å²) in [5.74, 6) is 2.60. The zero-order valence-corrected chi connectivity index (χ0v) is 13.0. The van der Waals surface area contributed by atoms with E-state index >= 15 is 0 Å². The predicted octanol–water partition coefficient (Wildman–Crippen LogP) is 2.24. The molecule has 0 aliphatic carbocycles. The van der Waals surface area contributed by atoms with Crippen molar-refractivity contribution in [1.29, 1.82) is 0 Å². The molecule has 2 heterocycles. The molecule has 1 aliphatic heterocycles. The van der Waals surface area contributed by atoms with Gasteiger partial charge in [0.05, 0.1) is 6.20 Å². The Morgan fingerprint density at radius 2 is 2.14 bits per heavy atom. The first-order valence-corrected chi connectivity index (χ1v) is 7.93. The summed E-state index contributed by atoms with van der Waals surface area (Å²) in [5, 5.41) is 7.55. The van der Waals surface area contributed by atoms with Crippen LogP contribution >= 0.6 is 11.8 Å². The summed E-state index contributed by atoms with van der Waals surface area (Å²) in [6.07, 6.45) is 3.92. The monoisotopic (exact) mass is 305 g/mol. The van der Waals surface area contributed by atoms with Crippen LogP contribution < -0.4 is 14.8 Å². The van der Waals surface area contributed by atoms with Gasteiger partial charge in [-0.05, 0) is 24.7 Å². The summed E-state index contributed by atoms with van der Waals surface area (Å²) in [7, 11) is 3.91. The number of hydrogen-bond acceptors (Lipinski definition) is 5. The maximum absolute atomic E-state index is 5.65. The van der Waals surface area contributed by atoms with Crippen LogP contribution in [0, 0.1) is 0 Å². The SMILES string of the molecule is CNC(CSc1cnn(C)c1)c1ccc2c(c1)OCCO2. The zero-order chi connectivity index (χ0) is 14.7. The number of nitrogens with one attached hydrogen (secondary N) is 1. The molecule has 0 amide bonds. The smallest absolute Gasteiger partial charge is 0.161 e. The fraction of sp³-hybridized carbons (Fsp3) is 0.400. The van der Waals surface area contributed by atoms with Crippen molar-refractivity contribution in [3.8, 4) is 11.5 Å². The Labute approximate surface area is 128 Å². The van der Waals surface area contributed by atoms with Gasteiger partial charge in [-0.15, -0.1) is 11.8 Å². The van der Waals surface area contributed by atoms with E-state index in [-0.39, 0.29) is 6.04 Å². The molecule has 0 bridgehead atoms. The van der Waals surface area contributed by atoms with Gasteiger partial charge in [-0.2, -0.15) is 5.10 Å². The Bertz CT molecular complexity index is 615. The van der Waals surface area contributed by atoms with E-state index in [0.717, 1.165) is 17.3 Å². The highest BCUT2D eigenvalue weighted by Crippen LogP contribution is 2.34. The van der Waals surface area contributed by atoms with Gasteiger partial charge in [-0.25, -0.2) is 0 Å². The van der Waals surface area contributed by atoms with E-state index in [1.165, 1.54) is 10.5 Å². The van der Waals surface area contributed by atoms with Gasteiger partial charge >= 0.3 is 0 Å². The summed E-state index contributed by atoms with van der Waals surface area (Å²) in [6.45, 7) is 1.24. The molecule has 0 spiro atoms. The number of aromatic nitrogens is 2. The summed E-state index contributed by atoms with van der Waals surface area (Å²) < 4.78 is 13.0. The molecule has 0 saturated carbocycles. The molecule has 1 aromatic carbocycles. The molecule has 112 valence electrons. The average Bonchev–Trinajstić information content (AvgIpc) is 2.93. The number of hydrogen-bond donors (Lipinski definition) is 1. The molecule has 1 unspecified atom stereocenters. The van der Waals surface area contributed by atoms with Gasteiger partial charge in [0.1, 0.15) is 13.2 Å². The normalized spacial score (nSPS) is 15.0. The van der Waals surface area contributed by atoms with Crippen molar-refractivity contribution in [2.24, 2.45) is 7.05 Å². The van der Waals surface area contributed by atoms with Crippen LogP contribution in [0.1, 0.15) is 11.6 Å². The Hall–Kier alpha value is -1.66. The second-order valence-electron chi connectivity index (χ2n) is 4.91. The molecule has 5 nitrogen and oxygen atoms in total. The number of nitrogens with zero attached hydrogens (tertiary/aromatic N) is 2. The maximum Gasteiger partial charge on any atom is 0.161 e. The van der Waals surface area contributed by atoms with Gasteiger partial charge < -0.3 is 14.8 Å². The van der Waals surface area contributed by atoms with Crippen molar-refractivity contribution in [3.63, 3.8) is 0 Å². The van der Waals surface area contributed by atoms with Crippen LogP contribution in [0.4, 0.5) is 0 Å². The minimum absolute atomic E-state index is 0.256. The molecule has 0 fully saturated rings. The quantitative estimate of drug-likeness (QED) is 0.859. The van der Waals surface area contributed by atoms with Crippen LogP contribution in [-0.2, 0) is 7.05 Å². The Kier molecular flexibility index (Phi) is 4.36. The van der Waals surface area contributed by atoms with E-state index < -0.39 is 0 Å². The maximum atomic E-state index is 5.65. The van der Waals surface area contributed by atoms with Crippen molar-refractivity contribution in [2.45, 2.75) is 10.9 Å². The van der Waals surface area contributed by atoms with Crippen molar-refractivity contribution >= 4 is 11.8 Å². The molecule has 0 radical (unpaired) electrons. The number of thioether (sulfide) groups is 1. The third-order valence-corrected chi connectivity index (χ3v) is 4.46. The number of benzene rings is 1. The summed E-state index contributed by atoms with van der Waals surface area (Å²) >= 11 is 1.79. The van der Waals surface area contributed by atoms with Gasteiger partial charge in [0.15, 0.2) is 11.5 Å². The van der Waals surface area contributed by atoms with Gasteiger partial charge in [0.25, 0.3) is 0 Å². The van der Waals surface area contributed by atoms with Crippen molar-refractivity contribution in [1.82, 2.24) is 15.1 Å². The highest BCUT2D eigenvalue weighted by Gasteiger charge is 2.16. The molecule has 1 aliphatic rings. The van der Waals surface area contributed by atoms with E-state index in [0.29, 0.717) is 13.2 Å². The molecule has 1 aromatic heterocycles. The second-order valence-corrected chi connectivity index (χ2v) is 6.00.